The zero-order valence-corrected chi connectivity index (χ0v) is 20.9. The molecular formula is C32H30BNO. The van der Waals surface area contributed by atoms with Crippen LogP contribution in [0.4, 0.5) is 17.1 Å². The van der Waals surface area contributed by atoms with Crippen LogP contribution in [0.1, 0.15) is 51.7 Å². The van der Waals surface area contributed by atoms with Crippen molar-refractivity contribution in [3.8, 4) is 11.5 Å². The molecule has 2 heterocycles. The van der Waals surface area contributed by atoms with E-state index in [1.165, 1.54) is 57.4 Å². The Morgan fingerprint density at radius 3 is 2.09 bits per heavy atom. The van der Waals surface area contributed by atoms with Gasteiger partial charge in [0.25, 0.3) is 6.71 Å². The zero-order chi connectivity index (χ0) is 23.9. The van der Waals surface area contributed by atoms with Gasteiger partial charge in [0.15, 0.2) is 0 Å². The summed E-state index contributed by atoms with van der Waals surface area (Å²) in [5, 5.41) is 0. The first-order valence-electron chi connectivity index (χ1n) is 12.8. The summed E-state index contributed by atoms with van der Waals surface area (Å²) < 4.78 is 6.72. The molecule has 0 radical (unpaired) electrons. The number of hydrogen-bond acceptors (Lipinski definition) is 2. The lowest BCUT2D eigenvalue weighted by molar-refractivity contribution is 0.330. The lowest BCUT2D eigenvalue weighted by Gasteiger charge is -2.44. The van der Waals surface area contributed by atoms with Crippen LogP contribution in [0.2, 0.25) is 0 Å². The molecule has 2 nitrogen and oxygen atoms in total. The average Bonchev–Trinajstić information content (AvgIpc) is 2.86. The monoisotopic (exact) mass is 455 g/mol. The van der Waals surface area contributed by atoms with E-state index in [1.54, 1.807) is 0 Å². The van der Waals surface area contributed by atoms with Crippen LogP contribution in [0, 0.1) is 0 Å². The minimum absolute atomic E-state index is 0.153. The lowest BCUT2D eigenvalue weighted by Crippen LogP contribution is -2.59. The maximum Gasteiger partial charge on any atom is 0.256 e. The van der Waals surface area contributed by atoms with Crippen LogP contribution in [-0.4, -0.2) is 6.71 Å². The number of hydrogen-bond donors (Lipinski definition) is 0. The largest absolute Gasteiger partial charge is 0.458 e. The molecular weight excluding hydrogens is 425 g/mol. The quantitative estimate of drug-likeness (QED) is 0.265. The average molecular weight is 455 g/mol. The first-order chi connectivity index (χ1) is 16.9. The summed E-state index contributed by atoms with van der Waals surface area (Å²) in [7, 11) is 0. The van der Waals surface area contributed by atoms with Gasteiger partial charge in [-0.15, -0.1) is 0 Å². The van der Waals surface area contributed by atoms with Gasteiger partial charge < -0.3 is 9.64 Å². The molecule has 4 aromatic carbocycles. The van der Waals surface area contributed by atoms with Crippen LogP contribution in [0.25, 0.3) is 0 Å². The van der Waals surface area contributed by atoms with Gasteiger partial charge in [-0.3, -0.25) is 0 Å². The van der Waals surface area contributed by atoms with Crippen molar-refractivity contribution in [2.45, 2.75) is 51.4 Å². The van der Waals surface area contributed by atoms with E-state index in [0.717, 1.165) is 11.5 Å². The predicted molar refractivity (Wildman–Crippen MR) is 148 cm³/mol. The highest BCUT2D eigenvalue weighted by atomic mass is 16.5. The van der Waals surface area contributed by atoms with Crippen molar-refractivity contribution in [1.82, 2.24) is 0 Å². The summed E-state index contributed by atoms with van der Waals surface area (Å²) in [5.41, 5.74) is 10.8. The van der Waals surface area contributed by atoms with Gasteiger partial charge in [-0.1, -0.05) is 76.2 Å². The predicted octanol–water partition coefficient (Wildman–Crippen LogP) is 6.44. The molecule has 0 atom stereocenters. The van der Waals surface area contributed by atoms with Gasteiger partial charge in [-0.05, 0) is 87.6 Å². The molecule has 2 aliphatic heterocycles. The Hall–Kier alpha value is -3.46. The molecule has 0 unspecified atom stereocenters. The topological polar surface area (TPSA) is 12.5 Å². The van der Waals surface area contributed by atoms with E-state index < -0.39 is 0 Å². The highest BCUT2D eigenvalue weighted by Crippen LogP contribution is 2.48. The summed E-state index contributed by atoms with van der Waals surface area (Å²) in [6.07, 6.45) is 2.41. The van der Waals surface area contributed by atoms with Gasteiger partial charge in [0.05, 0.1) is 0 Å². The van der Waals surface area contributed by atoms with Crippen LogP contribution >= 0.6 is 0 Å². The van der Waals surface area contributed by atoms with E-state index in [9.17, 15) is 0 Å². The molecule has 0 N–H and O–H groups in total. The molecule has 3 aliphatic rings. The fraction of sp³-hybridized carbons (Fsp3) is 0.250. The van der Waals surface area contributed by atoms with Crippen molar-refractivity contribution in [2.24, 2.45) is 0 Å². The summed E-state index contributed by atoms with van der Waals surface area (Å²) in [6.45, 7) is 9.74. The first kappa shape index (κ1) is 20.9. The van der Waals surface area contributed by atoms with Crippen molar-refractivity contribution in [1.29, 1.82) is 0 Å². The Morgan fingerprint density at radius 1 is 0.657 bits per heavy atom. The van der Waals surface area contributed by atoms with Crippen molar-refractivity contribution in [3.63, 3.8) is 0 Å². The molecule has 0 saturated carbocycles. The Bertz CT molecular complexity index is 1490. The Kier molecular flexibility index (Phi) is 4.20. The van der Waals surface area contributed by atoms with Gasteiger partial charge in [0.1, 0.15) is 11.5 Å². The van der Waals surface area contributed by atoms with E-state index in [4.69, 9.17) is 4.74 Å². The third-order valence-electron chi connectivity index (χ3n) is 8.59. The molecule has 0 aromatic heterocycles. The third kappa shape index (κ3) is 2.91. The second-order valence-corrected chi connectivity index (χ2v) is 11.7. The van der Waals surface area contributed by atoms with E-state index >= 15 is 0 Å². The van der Waals surface area contributed by atoms with E-state index in [2.05, 4.69) is 118 Å². The highest BCUT2D eigenvalue weighted by Gasteiger charge is 2.44. The molecule has 4 aromatic rings. The summed E-state index contributed by atoms with van der Waals surface area (Å²) in [6, 6.07) is 31.0. The maximum atomic E-state index is 6.72. The normalized spacial score (nSPS) is 18.1. The minimum atomic E-state index is 0.153. The number of ether oxygens (including phenoxy) is 1. The smallest absolute Gasteiger partial charge is 0.256 e. The Labute approximate surface area is 208 Å². The van der Waals surface area contributed by atoms with Crippen molar-refractivity contribution in [3.05, 3.63) is 96.1 Å². The SMILES string of the molecule is CC1(C)CCC(C)(C)c2cc3c(cc21)Oc1cccc2c1B3c1ccccc1N2c1ccccc1. The fourth-order valence-corrected chi connectivity index (χ4v) is 6.55. The summed E-state index contributed by atoms with van der Waals surface area (Å²) >= 11 is 0. The lowest BCUT2D eigenvalue weighted by atomic mass is 9.34. The van der Waals surface area contributed by atoms with Crippen molar-refractivity contribution in [2.75, 3.05) is 4.90 Å². The molecule has 0 saturated heterocycles. The Morgan fingerprint density at radius 2 is 1.31 bits per heavy atom. The van der Waals surface area contributed by atoms with Crippen LogP contribution in [0.15, 0.2) is 84.9 Å². The summed E-state index contributed by atoms with van der Waals surface area (Å²) in [5.74, 6) is 2.00. The van der Waals surface area contributed by atoms with Crippen molar-refractivity contribution >= 4 is 40.2 Å². The van der Waals surface area contributed by atoms with Crippen LogP contribution in [0.5, 0.6) is 11.5 Å². The van der Waals surface area contributed by atoms with E-state index in [1.807, 2.05) is 0 Å². The minimum Gasteiger partial charge on any atom is -0.458 e. The van der Waals surface area contributed by atoms with Crippen LogP contribution in [0.3, 0.4) is 0 Å². The Balaban J connectivity index is 1.52. The number of nitrogens with zero attached hydrogens (tertiary/aromatic N) is 1. The summed E-state index contributed by atoms with van der Waals surface area (Å²) in [4.78, 5) is 2.39. The zero-order valence-electron chi connectivity index (χ0n) is 20.9. The third-order valence-corrected chi connectivity index (χ3v) is 8.59. The van der Waals surface area contributed by atoms with Crippen molar-refractivity contribution < 1.29 is 4.74 Å². The van der Waals surface area contributed by atoms with E-state index in [0.29, 0.717) is 0 Å². The molecule has 1 aliphatic carbocycles. The molecule has 172 valence electrons. The molecule has 0 amide bonds. The fourth-order valence-electron chi connectivity index (χ4n) is 6.55. The first-order valence-corrected chi connectivity index (χ1v) is 12.8. The highest BCUT2D eigenvalue weighted by molar-refractivity contribution is 6.99. The van der Waals surface area contributed by atoms with Crippen LogP contribution in [-0.2, 0) is 10.8 Å². The molecule has 0 fully saturated rings. The van der Waals surface area contributed by atoms with Gasteiger partial charge >= 0.3 is 0 Å². The van der Waals surface area contributed by atoms with Crippen LogP contribution < -0.4 is 26.0 Å². The maximum absolute atomic E-state index is 6.72. The molecule has 35 heavy (non-hydrogen) atoms. The number of para-hydroxylation sites is 2. The standard InChI is InChI=1S/C32H30BNO/c1-31(2)17-18-32(3,4)23-20-29-25(19-22(23)31)33-24-13-8-9-14-26(24)34(21-11-6-5-7-12-21)27-15-10-16-28(35-29)30(27)33/h5-16,19-20H,17-18H2,1-4H3. The second-order valence-electron chi connectivity index (χ2n) is 11.7. The number of fused-ring (bicyclic) bond motifs is 5. The molecule has 0 bridgehead atoms. The van der Waals surface area contributed by atoms with Gasteiger partial charge in [0.2, 0.25) is 0 Å². The molecule has 0 spiro atoms. The molecule has 3 heteroatoms. The van der Waals surface area contributed by atoms with E-state index in [-0.39, 0.29) is 17.5 Å². The number of benzene rings is 4. The van der Waals surface area contributed by atoms with Gasteiger partial charge in [-0.2, -0.15) is 0 Å². The molecule has 7 rings (SSSR count). The number of rotatable bonds is 1. The second kappa shape index (κ2) is 7.04. The van der Waals surface area contributed by atoms with Gasteiger partial charge in [-0.25, -0.2) is 0 Å². The number of anilines is 3. The van der Waals surface area contributed by atoms with Gasteiger partial charge in [0, 0.05) is 17.1 Å².